The van der Waals surface area contributed by atoms with E-state index in [2.05, 4.69) is 10.5 Å². The Balaban J connectivity index is 1.88. The summed E-state index contributed by atoms with van der Waals surface area (Å²) in [6, 6.07) is 16.0. The molecular formula is C17H15N3O3. The van der Waals surface area contributed by atoms with Gasteiger partial charge >= 0.3 is 0 Å². The average Bonchev–Trinajstić information content (AvgIpc) is 2.59. The zero-order valence-electron chi connectivity index (χ0n) is 12.5. The topological polar surface area (TPSA) is 83.7 Å². The van der Waals surface area contributed by atoms with Crippen LogP contribution in [0.2, 0.25) is 0 Å². The minimum atomic E-state index is -0.398. The van der Waals surface area contributed by atoms with Gasteiger partial charge in [0.1, 0.15) is 11.8 Å². The number of oxime groups is 1. The number of rotatable bonds is 6. The second-order valence-corrected chi connectivity index (χ2v) is 4.46. The van der Waals surface area contributed by atoms with Crippen LogP contribution in [0.4, 0.5) is 5.69 Å². The molecule has 2 aromatic rings. The van der Waals surface area contributed by atoms with Gasteiger partial charge in [0.15, 0.2) is 6.61 Å². The number of amides is 1. The fourth-order valence-corrected chi connectivity index (χ4v) is 1.84. The Morgan fingerprint density at radius 3 is 2.78 bits per heavy atom. The maximum absolute atomic E-state index is 11.8. The maximum Gasteiger partial charge on any atom is 0.265 e. The average molecular weight is 309 g/mol. The number of carbonyl (C=O) groups is 1. The van der Waals surface area contributed by atoms with Crippen LogP contribution in [0.25, 0.3) is 0 Å². The molecule has 2 rings (SSSR count). The van der Waals surface area contributed by atoms with Crippen LogP contribution in [0.5, 0.6) is 5.75 Å². The number of hydrogen-bond acceptors (Lipinski definition) is 5. The quantitative estimate of drug-likeness (QED) is 0.656. The largest absolute Gasteiger partial charge is 0.496 e. The number of nitrogens with zero attached hydrogens (tertiary/aromatic N) is 2. The van der Waals surface area contributed by atoms with Crippen LogP contribution in [-0.2, 0) is 9.63 Å². The molecule has 6 heteroatoms. The molecule has 0 aliphatic rings. The maximum atomic E-state index is 11.8. The van der Waals surface area contributed by atoms with Gasteiger partial charge in [0.05, 0.1) is 24.6 Å². The van der Waals surface area contributed by atoms with Crippen LogP contribution in [0.1, 0.15) is 11.1 Å². The summed E-state index contributed by atoms with van der Waals surface area (Å²) in [5.74, 6) is 0.261. The molecule has 0 saturated carbocycles. The van der Waals surface area contributed by atoms with Crippen molar-refractivity contribution >= 4 is 17.8 Å². The fraction of sp³-hybridized carbons (Fsp3) is 0.118. The molecule has 0 spiro atoms. The SMILES string of the molecule is COc1ccccc1C=NOCC(=O)Nc1ccccc1C#N. The summed E-state index contributed by atoms with van der Waals surface area (Å²) >= 11 is 0. The summed E-state index contributed by atoms with van der Waals surface area (Å²) < 4.78 is 5.17. The predicted molar refractivity (Wildman–Crippen MR) is 86.3 cm³/mol. The van der Waals surface area contributed by atoms with Gasteiger partial charge in [0, 0.05) is 5.56 Å². The smallest absolute Gasteiger partial charge is 0.265 e. The number of carbonyl (C=O) groups excluding carboxylic acids is 1. The van der Waals surface area contributed by atoms with E-state index in [4.69, 9.17) is 14.8 Å². The molecule has 0 heterocycles. The lowest BCUT2D eigenvalue weighted by atomic mass is 10.2. The van der Waals surface area contributed by atoms with Crippen LogP contribution in [0.15, 0.2) is 53.7 Å². The minimum absolute atomic E-state index is 0.259. The third-order valence-corrected chi connectivity index (χ3v) is 2.92. The first-order chi connectivity index (χ1) is 11.2. The highest BCUT2D eigenvalue weighted by Gasteiger charge is 2.06. The molecule has 0 fully saturated rings. The third kappa shape index (κ3) is 4.58. The van der Waals surface area contributed by atoms with Gasteiger partial charge in [0.25, 0.3) is 5.91 Å². The molecule has 116 valence electrons. The van der Waals surface area contributed by atoms with Crippen molar-refractivity contribution in [2.75, 3.05) is 19.0 Å². The summed E-state index contributed by atoms with van der Waals surface area (Å²) in [6.07, 6.45) is 1.47. The second-order valence-electron chi connectivity index (χ2n) is 4.46. The number of nitriles is 1. The first-order valence-electron chi connectivity index (χ1n) is 6.82. The molecule has 0 aromatic heterocycles. The first-order valence-corrected chi connectivity index (χ1v) is 6.82. The van der Waals surface area contributed by atoms with Crippen molar-refractivity contribution in [1.82, 2.24) is 0 Å². The molecule has 1 amide bonds. The standard InChI is InChI=1S/C17H15N3O3/c1-22-16-9-5-3-7-14(16)11-19-23-12-17(21)20-15-8-4-2-6-13(15)10-18/h2-9,11H,12H2,1H3,(H,20,21). The molecule has 23 heavy (non-hydrogen) atoms. The van der Waals surface area contributed by atoms with E-state index in [-0.39, 0.29) is 6.61 Å². The molecule has 0 aliphatic carbocycles. The molecule has 2 aromatic carbocycles. The second kappa shape index (κ2) is 8.20. The van der Waals surface area contributed by atoms with Crippen molar-refractivity contribution in [2.45, 2.75) is 0 Å². The molecule has 0 bridgehead atoms. The van der Waals surface area contributed by atoms with Gasteiger partial charge in [-0.3, -0.25) is 4.79 Å². The molecule has 0 aliphatic heterocycles. The number of ether oxygens (including phenoxy) is 1. The lowest BCUT2D eigenvalue weighted by Crippen LogP contribution is -2.17. The highest BCUT2D eigenvalue weighted by Crippen LogP contribution is 2.15. The van der Waals surface area contributed by atoms with Crippen LogP contribution in [-0.4, -0.2) is 25.8 Å². The van der Waals surface area contributed by atoms with E-state index in [1.165, 1.54) is 6.21 Å². The Morgan fingerprint density at radius 2 is 2.00 bits per heavy atom. The van der Waals surface area contributed by atoms with E-state index in [0.717, 1.165) is 5.56 Å². The lowest BCUT2D eigenvalue weighted by molar-refractivity contribution is -0.120. The summed E-state index contributed by atoms with van der Waals surface area (Å²) in [4.78, 5) is 16.7. The van der Waals surface area contributed by atoms with Crippen LogP contribution < -0.4 is 10.1 Å². The van der Waals surface area contributed by atoms with Crippen molar-refractivity contribution in [1.29, 1.82) is 5.26 Å². The Kier molecular flexibility index (Phi) is 5.72. The predicted octanol–water partition coefficient (Wildman–Crippen LogP) is 2.56. The zero-order valence-corrected chi connectivity index (χ0v) is 12.5. The van der Waals surface area contributed by atoms with E-state index in [1.54, 1.807) is 37.4 Å². The van der Waals surface area contributed by atoms with Gasteiger partial charge in [-0.05, 0) is 24.3 Å². The molecule has 0 atom stereocenters. The van der Waals surface area contributed by atoms with Crippen molar-refractivity contribution in [3.63, 3.8) is 0 Å². The van der Waals surface area contributed by atoms with Gasteiger partial charge in [-0.15, -0.1) is 0 Å². The third-order valence-electron chi connectivity index (χ3n) is 2.92. The van der Waals surface area contributed by atoms with Gasteiger partial charge in [0.2, 0.25) is 0 Å². The molecule has 0 radical (unpaired) electrons. The summed E-state index contributed by atoms with van der Waals surface area (Å²) in [7, 11) is 1.56. The molecule has 6 nitrogen and oxygen atoms in total. The van der Waals surface area contributed by atoms with E-state index < -0.39 is 5.91 Å². The monoisotopic (exact) mass is 309 g/mol. The summed E-state index contributed by atoms with van der Waals surface area (Å²) in [6.45, 7) is -0.259. The van der Waals surface area contributed by atoms with E-state index in [9.17, 15) is 4.79 Å². The van der Waals surface area contributed by atoms with E-state index in [1.807, 2.05) is 24.3 Å². The van der Waals surface area contributed by atoms with Gasteiger partial charge in [-0.1, -0.05) is 29.4 Å². The number of benzene rings is 2. The highest BCUT2D eigenvalue weighted by atomic mass is 16.6. The van der Waals surface area contributed by atoms with Crippen molar-refractivity contribution in [3.8, 4) is 11.8 Å². The van der Waals surface area contributed by atoms with Crippen molar-refractivity contribution < 1.29 is 14.4 Å². The van der Waals surface area contributed by atoms with E-state index >= 15 is 0 Å². The fourth-order valence-electron chi connectivity index (χ4n) is 1.84. The Bertz CT molecular complexity index is 751. The first kappa shape index (κ1) is 16.0. The Hall–Kier alpha value is -3.33. The van der Waals surface area contributed by atoms with Crippen LogP contribution in [0, 0.1) is 11.3 Å². The van der Waals surface area contributed by atoms with Crippen molar-refractivity contribution in [2.24, 2.45) is 5.16 Å². The normalized spacial score (nSPS) is 10.1. The summed E-state index contributed by atoms with van der Waals surface area (Å²) in [5.41, 5.74) is 1.57. The van der Waals surface area contributed by atoms with Crippen molar-refractivity contribution in [3.05, 3.63) is 59.7 Å². The van der Waals surface area contributed by atoms with Gasteiger partial charge < -0.3 is 14.9 Å². The zero-order chi connectivity index (χ0) is 16.5. The lowest BCUT2D eigenvalue weighted by Gasteiger charge is -2.06. The summed E-state index contributed by atoms with van der Waals surface area (Å²) in [5, 5.41) is 15.3. The molecule has 0 unspecified atom stereocenters. The van der Waals surface area contributed by atoms with Crippen LogP contribution >= 0.6 is 0 Å². The number of anilines is 1. The van der Waals surface area contributed by atoms with Gasteiger partial charge in [-0.2, -0.15) is 5.26 Å². The number of para-hydroxylation sites is 2. The van der Waals surface area contributed by atoms with E-state index in [0.29, 0.717) is 17.0 Å². The number of methoxy groups -OCH3 is 1. The Labute approximate surface area is 133 Å². The molecule has 0 saturated heterocycles. The Morgan fingerprint density at radius 1 is 1.26 bits per heavy atom. The minimum Gasteiger partial charge on any atom is -0.496 e. The molecular weight excluding hydrogens is 294 g/mol. The number of hydrogen-bond donors (Lipinski definition) is 1. The van der Waals surface area contributed by atoms with Gasteiger partial charge in [-0.25, -0.2) is 0 Å². The highest BCUT2D eigenvalue weighted by molar-refractivity contribution is 5.93. The van der Waals surface area contributed by atoms with Crippen LogP contribution in [0.3, 0.4) is 0 Å². The number of nitrogens with one attached hydrogen (secondary N) is 1. The molecule has 1 N–H and O–H groups in total.